The first kappa shape index (κ1) is 15.7. The molecule has 0 rings (SSSR count). The Morgan fingerprint density at radius 3 is 1.60 bits per heavy atom. The molecule has 0 saturated heterocycles. The van der Waals surface area contributed by atoms with Gasteiger partial charge in [0.15, 0.2) is 0 Å². The van der Waals surface area contributed by atoms with Gasteiger partial charge in [-0.05, 0) is 0 Å². The van der Waals surface area contributed by atoms with Crippen molar-refractivity contribution < 1.29 is 74.5 Å². The predicted octanol–water partition coefficient (Wildman–Crippen LogP) is 0.316. The molecule has 0 heterocycles. The van der Waals surface area contributed by atoms with Gasteiger partial charge in [-0.2, -0.15) is 0 Å². The molecule has 0 saturated carbocycles. The second kappa shape index (κ2) is 15.7. The van der Waals surface area contributed by atoms with Crippen molar-refractivity contribution in [3.8, 4) is 0 Å². The van der Waals surface area contributed by atoms with E-state index in [1.165, 1.54) is 0 Å². The van der Waals surface area contributed by atoms with E-state index in [4.69, 9.17) is 0 Å². The zero-order chi connectivity index (χ0) is 2.71. The standard InChI is InChI=1S/Mo.H2P.V.W.Zr/h;1H2;;;/q;-1;;;+1. The maximum Gasteiger partial charge on any atom is 0 e. The van der Waals surface area contributed by atoms with Crippen molar-refractivity contribution in [2.45, 2.75) is 0 Å². The van der Waals surface area contributed by atoms with E-state index in [1.54, 1.807) is 0 Å². The summed E-state index contributed by atoms with van der Waals surface area (Å²) in [7, 11) is 0. The van der Waals surface area contributed by atoms with E-state index < -0.39 is 0 Å². The van der Waals surface area contributed by atoms with Crippen molar-refractivity contribution in [2.75, 3.05) is 0 Å². The van der Waals surface area contributed by atoms with Crippen LogP contribution in [0.25, 0.3) is 0 Å². The van der Waals surface area contributed by atoms with E-state index in [0.717, 1.165) is 0 Å². The Balaban J connectivity index is -0.0000000200. The van der Waals surface area contributed by atoms with E-state index in [1.807, 2.05) is 0 Å². The zero-order valence-corrected chi connectivity index (χ0v) is 12.3. The smallest absolute Gasteiger partial charge is 0 e. The molecular formula is H2MoPVWZr. The van der Waals surface area contributed by atoms with E-state index in [2.05, 4.69) is 22.1 Å². The van der Waals surface area contributed by atoms with Crippen LogP contribution in [0.15, 0.2) is 0 Å². The molecule has 0 bridgehead atoms. The third-order valence-electron chi connectivity index (χ3n) is 0. The molecule has 1 atom stereocenters. The van der Waals surface area contributed by atoms with E-state index in [9.17, 15) is 0 Å². The Bertz CT molecular complexity index is 11.6. The first-order chi connectivity index (χ1) is 1.41. The van der Waals surface area contributed by atoms with Gasteiger partial charge in [-0.1, -0.05) is 0 Å². The second-order valence-corrected chi connectivity index (χ2v) is 12.4. The fourth-order valence-electron chi connectivity index (χ4n) is 0. The van der Waals surface area contributed by atoms with Crippen LogP contribution in [0.4, 0.5) is 0 Å². The summed E-state index contributed by atoms with van der Waals surface area (Å²) in [6.45, 7) is 2.75. The van der Waals surface area contributed by atoms with Gasteiger partial charge >= 0.3 is 41.4 Å². The van der Waals surface area contributed by atoms with Crippen LogP contribution in [0.5, 0.6) is 0 Å². The van der Waals surface area contributed by atoms with Gasteiger partial charge in [0, 0.05) is 39.6 Å². The first-order valence-corrected chi connectivity index (χ1v) is 12.3. The Morgan fingerprint density at radius 1 is 1.60 bits per heavy atom. The van der Waals surface area contributed by atoms with E-state index >= 15 is 0 Å². The summed E-state index contributed by atoms with van der Waals surface area (Å²) < 4.78 is 0. The summed E-state index contributed by atoms with van der Waals surface area (Å²) in [6, 6.07) is 0. The van der Waals surface area contributed by atoms with Gasteiger partial charge in [0.1, 0.15) is 0 Å². The molecule has 1 radical (unpaired) electrons. The summed E-state index contributed by atoms with van der Waals surface area (Å²) in [4.78, 5) is 0. The summed E-state index contributed by atoms with van der Waals surface area (Å²) in [5.74, 6) is 0. The predicted molar refractivity (Wildman–Crippen MR) is 9.71 cm³/mol. The van der Waals surface area contributed by atoms with Crippen LogP contribution in [0, 0.1) is 0 Å². The molecular weight excluding hydrogens is 453 g/mol. The summed E-state index contributed by atoms with van der Waals surface area (Å²) in [6.07, 6.45) is 0. The van der Waals surface area contributed by atoms with Crippen molar-refractivity contribution in [3.05, 3.63) is 0 Å². The SMILES string of the molecule is [PH2][Zr][Mo].[V].[W]. The van der Waals surface area contributed by atoms with Gasteiger partial charge in [0.2, 0.25) is 0 Å². The molecule has 0 fully saturated rings. The molecule has 0 aliphatic rings. The molecule has 0 N–H and O–H groups in total. The van der Waals surface area contributed by atoms with Gasteiger partial charge < -0.3 is 0 Å². The molecule has 5 heavy (non-hydrogen) atoms. The maximum absolute atomic E-state index is 2.75. The van der Waals surface area contributed by atoms with Crippen LogP contribution < -0.4 is 0 Å². The van der Waals surface area contributed by atoms with Gasteiger partial charge in [-0.25, -0.2) is 0 Å². The second-order valence-electron chi connectivity index (χ2n) is 0.118. The van der Waals surface area contributed by atoms with E-state index in [0.29, 0.717) is 0 Å². The van der Waals surface area contributed by atoms with Crippen LogP contribution in [0.3, 0.4) is 0 Å². The number of hydrogen-bond donors (Lipinski definition) is 0. The molecule has 0 aliphatic carbocycles. The largest absolute Gasteiger partial charge is 0 e. The van der Waals surface area contributed by atoms with E-state index in [-0.39, 0.29) is 58.9 Å². The average molecular weight is 455 g/mol. The monoisotopic (exact) mass is 456 g/mol. The molecule has 0 aromatic heterocycles. The summed E-state index contributed by atoms with van der Waals surface area (Å²) in [5, 5.41) is 0. The quantitative estimate of drug-likeness (QED) is 0.365. The third-order valence-corrected chi connectivity index (χ3v) is 0. The minimum atomic E-state index is 0. The Kier molecular flexibility index (Phi) is 49.3. The van der Waals surface area contributed by atoms with Crippen LogP contribution in [0.2, 0.25) is 0 Å². The summed E-state index contributed by atoms with van der Waals surface area (Å²) in [5.41, 5.74) is 0. The summed E-state index contributed by atoms with van der Waals surface area (Å²) >= 11 is 2.36. The van der Waals surface area contributed by atoms with Gasteiger partial charge in [0.05, 0.1) is 0 Å². The van der Waals surface area contributed by atoms with Crippen molar-refractivity contribution in [2.24, 2.45) is 0 Å². The van der Waals surface area contributed by atoms with Gasteiger partial charge in [-0.15, -0.1) is 0 Å². The van der Waals surface area contributed by atoms with Crippen LogP contribution in [0.1, 0.15) is 0 Å². The van der Waals surface area contributed by atoms with Crippen LogP contribution >= 0.6 is 6.53 Å². The topological polar surface area (TPSA) is 0 Å². The van der Waals surface area contributed by atoms with Gasteiger partial charge in [0.25, 0.3) is 0 Å². The normalized spacial score (nSPS) is 2.60. The molecule has 0 amide bonds. The molecule has 0 spiro atoms. The Hall–Kier alpha value is 3.27. The number of rotatable bonds is 0. The molecule has 0 aromatic rings. The molecule has 5 heteroatoms. The zero-order valence-electron chi connectivity index (χ0n) is 2.34. The maximum atomic E-state index is 2.75. The Labute approximate surface area is 79.4 Å². The third kappa shape index (κ3) is 18.9. The molecule has 28 valence electrons. The van der Waals surface area contributed by atoms with Crippen molar-refractivity contribution in [1.29, 1.82) is 0 Å². The molecule has 0 nitrogen and oxygen atoms in total. The van der Waals surface area contributed by atoms with Crippen LogP contribution in [-0.2, 0) is 74.5 Å². The first-order valence-electron chi connectivity index (χ1n) is 0.493. The molecule has 1 unspecified atom stereocenters. The average Bonchev–Trinajstić information content (AvgIpc) is 0.918. The Morgan fingerprint density at radius 2 is 1.60 bits per heavy atom. The van der Waals surface area contributed by atoms with Crippen molar-refractivity contribution in [3.63, 3.8) is 0 Å². The minimum Gasteiger partial charge on any atom is 0 e. The fourth-order valence-corrected chi connectivity index (χ4v) is 0. The van der Waals surface area contributed by atoms with Gasteiger partial charge in [-0.3, -0.25) is 0 Å². The van der Waals surface area contributed by atoms with Crippen LogP contribution in [-0.4, -0.2) is 0 Å². The number of hydrogen-bond acceptors (Lipinski definition) is 0. The van der Waals surface area contributed by atoms with Crippen molar-refractivity contribution >= 4 is 6.53 Å². The minimum absolute atomic E-state index is 0. The van der Waals surface area contributed by atoms with Crippen molar-refractivity contribution in [1.82, 2.24) is 0 Å². The molecule has 0 aliphatic heterocycles. The molecule has 0 aromatic carbocycles. The fraction of sp³-hybridized carbons (Fsp3) is 0.